The minimum atomic E-state index is -0.498. The first kappa shape index (κ1) is 17.5. The molecule has 6 heteroatoms. The number of aromatic amines is 1. The van der Waals surface area contributed by atoms with Crippen molar-refractivity contribution in [3.63, 3.8) is 0 Å². The molecule has 1 aliphatic rings. The first-order chi connectivity index (χ1) is 12.8. The van der Waals surface area contributed by atoms with Crippen molar-refractivity contribution in [2.24, 2.45) is 0 Å². The van der Waals surface area contributed by atoms with E-state index in [1.165, 1.54) is 11.1 Å². The summed E-state index contributed by atoms with van der Waals surface area (Å²) in [5, 5.41) is 8.63. The molecule has 2 aromatic heterocycles. The van der Waals surface area contributed by atoms with E-state index >= 15 is 0 Å². The number of carbonyl (C=O) groups is 1. The van der Waals surface area contributed by atoms with Crippen molar-refractivity contribution in [3.8, 4) is 11.3 Å². The molecule has 6 nitrogen and oxygen atoms in total. The van der Waals surface area contributed by atoms with Gasteiger partial charge in [0, 0.05) is 18.3 Å². The molecule has 0 saturated heterocycles. The van der Waals surface area contributed by atoms with E-state index in [-0.39, 0.29) is 6.09 Å². The number of carbonyl (C=O) groups excluding carboxylic acids is 1. The summed E-state index contributed by atoms with van der Waals surface area (Å²) in [6, 6.07) is 8.25. The SMILES string of the molecule is Cc1ccccc1-c1[nH]nc2ncc3c(c12)CCN(C(=O)OC(C)(C)C)C3. The van der Waals surface area contributed by atoms with Gasteiger partial charge in [-0.3, -0.25) is 5.10 Å². The quantitative estimate of drug-likeness (QED) is 0.701. The van der Waals surface area contributed by atoms with Crippen LogP contribution in [0.15, 0.2) is 30.5 Å². The molecule has 0 atom stereocenters. The van der Waals surface area contributed by atoms with Crippen LogP contribution in [0.2, 0.25) is 0 Å². The molecule has 0 spiro atoms. The van der Waals surface area contributed by atoms with Gasteiger partial charge < -0.3 is 9.64 Å². The molecule has 0 unspecified atom stereocenters. The van der Waals surface area contributed by atoms with E-state index in [2.05, 4.69) is 34.2 Å². The van der Waals surface area contributed by atoms with Crippen molar-refractivity contribution < 1.29 is 9.53 Å². The van der Waals surface area contributed by atoms with Gasteiger partial charge in [0.2, 0.25) is 0 Å². The normalized spacial score (nSPS) is 14.3. The zero-order chi connectivity index (χ0) is 19.2. The average Bonchev–Trinajstić information content (AvgIpc) is 3.04. The molecule has 140 valence electrons. The summed E-state index contributed by atoms with van der Waals surface area (Å²) in [6.07, 6.45) is 2.31. The van der Waals surface area contributed by atoms with Crippen molar-refractivity contribution >= 4 is 17.1 Å². The van der Waals surface area contributed by atoms with Crippen LogP contribution in [0.25, 0.3) is 22.3 Å². The lowest BCUT2D eigenvalue weighted by atomic mass is 9.95. The number of benzene rings is 1. The number of nitrogens with one attached hydrogen (secondary N) is 1. The Morgan fingerprint density at radius 1 is 1.26 bits per heavy atom. The lowest BCUT2D eigenvalue weighted by Gasteiger charge is -2.31. The molecular formula is C21H24N4O2. The van der Waals surface area contributed by atoms with E-state index in [0.717, 1.165) is 34.3 Å². The summed E-state index contributed by atoms with van der Waals surface area (Å²) in [5.41, 5.74) is 5.80. The fourth-order valence-electron chi connectivity index (χ4n) is 3.57. The molecule has 1 N–H and O–H groups in total. The molecule has 1 aromatic carbocycles. The zero-order valence-electron chi connectivity index (χ0n) is 16.2. The van der Waals surface area contributed by atoms with Gasteiger partial charge in [-0.1, -0.05) is 24.3 Å². The van der Waals surface area contributed by atoms with Crippen LogP contribution < -0.4 is 0 Å². The van der Waals surface area contributed by atoms with Gasteiger partial charge in [-0.15, -0.1) is 0 Å². The summed E-state index contributed by atoms with van der Waals surface area (Å²) in [7, 11) is 0. The van der Waals surface area contributed by atoms with Gasteiger partial charge in [-0.25, -0.2) is 9.78 Å². The molecule has 0 fully saturated rings. The molecule has 1 aliphatic heterocycles. The number of aromatic nitrogens is 3. The molecule has 4 rings (SSSR count). The highest BCUT2D eigenvalue weighted by Gasteiger charge is 2.28. The Labute approximate surface area is 158 Å². The molecule has 0 bridgehead atoms. The first-order valence-corrected chi connectivity index (χ1v) is 9.22. The van der Waals surface area contributed by atoms with Crippen LogP contribution in [-0.4, -0.2) is 38.3 Å². The molecule has 1 amide bonds. The smallest absolute Gasteiger partial charge is 0.410 e. The van der Waals surface area contributed by atoms with Crippen LogP contribution >= 0.6 is 0 Å². The van der Waals surface area contributed by atoms with Crippen LogP contribution in [0.5, 0.6) is 0 Å². The molecule has 0 aliphatic carbocycles. The maximum Gasteiger partial charge on any atom is 0.410 e. The number of H-pyrrole nitrogens is 1. The standard InChI is InChI=1S/C21H24N4O2/c1-13-7-5-6-8-15(13)18-17-16-9-10-25(20(26)27-21(2,3)4)12-14(16)11-22-19(17)24-23-18/h5-8,11H,9-10,12H2,1-4H3,(H,22,23,24). The van der Waals surface area contributed by atoms with Crippen molar-refractivity contribution in [2.45, 2.75) is 46.3 Å². The Morgan fingerprint density at radius 3 is 2.78 bits per heavy atom. The van der Waals surface area contributed by atoms with E-state index < -0.39 is 5.60 Å². The maximum absolute atomic E-state index is 12.4. The van der Waals surface area contributed by atoms with Crippen LogP contribution in [0.4, 0.5) is 4.79 Å². The number of hydrogen-bond acceptors (Lipinski definition) is 4. The molecule has 3 heterocycles. The van der Waals surface area contributed by atoms with Gasteiger partial charge in [-0.05, 0) is 50.8 Å². The third-order valence-corrected chi connectivity index (χ3v) is 4.84. The van der Waals surface area contributed by atoms with E-state index in [4.69, 9.17) is 4.74 Å². The largest absolute Gasteiger partial charge is 0.444 e. The third kappa shape index (κ3) is 3.27. The summed E-state index contributed by atoms with van der Waals surface area (Å²) in [5.74, 6) is 0. The molecular weight excluding hydrogens is 340 g/mol. The second kappa shape index (κ2) is 6.37. The number of rotatable bonds is 1. The van der Waals surface area contributed by atoms with Crippen molar-refractivity contribution in [3.05, 3.63) is 47.2 Å². The number of amides is 1. The van der Waals surface area contributed by atoms with Gasteiger partial charge in [0.1, 0.15) is 5.60 Å². The van der Waals surface area contributed by atoms with E-state index in [0.29, 0.717) is 13.1 Å². The monoisotopic (exact) mass is 364 g/mol. The number of nitrogens with zero attached hydrogens (tertiary/aromatic N) is 3. The van der Waals surface area contributed by atoms with Crippen LogP contribution in [0.3, 0.4) is 0 Å². The van der Waals surface area contributed by atoms with Crippen LogP contribution in [0, 0.1) is 6.92 Å². The van der Waals surface area contributed by atoms with Gasteiger partial charge >= 0.3 is 6.09 Å². The highest BCUT2D eigenvalue weighted by atomic mass is 16.6. The minimum absolute atomic E-state index is 0.278. The van der Waals surface area contributed by atoms with Crippen molar-refractivity contribution in [1.29, 1.82) is 0 Å². The fraction of sp³-hybridized carbons (Fsp3) is 0.381. The summed E-state index contributed by atoms with van der Waals surface area (Å²) >= 11 is 0. The number of fused-ring (bicyclic) bond motifs is 3. The van der Waals surface area contributed by atoms with Crippen LogP contribution in [0.1, 0.15) is 37.5 Å². The van der Waals surface area contributed by atoms with E-state index in [1.54, 1.807) is 4.90 Å². The van der Waals surface area contributed by atoms with Gasteiger partial charge in [0.05, 0.1) is 17.6 Å². The van der Waals surface area contributed by atoms with E-state index in [1.807, 2.05) is 39.1 Å². The Bertz CT molecular complexity index is 1020. The average molecular weight is 364 g/mol. The molecule has 3 aromatic rings. The number of aryl methyl sites for hydroxylation is 1. The fourth-order valence-corrected chi connectivity index (χ4v) is 3.57. The predicted octanol–water partition coefficient (Wildman–Crippen LogP) is 4.23. The van der Waals surface area contributed by atoms with Gasteiger partial charge in [0.15, 0.2) is 5.65 Å². The Hall–Kier alpha value is -2.89. The number of pyridine rings is 1. The predicted molar refractivity (Wildman–Crippen MR) is 104 cm³/mol. The lowest BCUT2D eigenvalue weighted by Crippen LogP contribution is -2.40. The highest BCUT2D eigenvalue weighted by Crippen LogP contribution is 2.34. The first-order valence-electron chi connectivity index (χ1n) is 9.22. The summed E-state index contributed by atoms with van der Waals surface area (Å²) in [4.78, 5) is 18.7. The molecule has 0 saturated carbocycles. The Balaban J connectivity index is 1.73. The van der Waals surface area contributed by atoms with Crippen molar-refractivity contribution in [2.75, 3.05) is 6.54 Å². The summed E-state index contributed by atoms with van der Waals surface area (Å²) < 4.78 is 5.52. The molecule has 27 heavy (non-hydrogen) atoms. The van der Waals surface area contributed by atoms with Gasteiger partial charge in [0.25, 0.3) is 0 Å². The van der Waals surface area contributed by atoms with Crippen LogP contribution in [-0.2, 0) is 17.7 Å². The van der Waals surface area contributed by atoms with Crippen molar-refractivity contribution in [1.82, 2.24) is 20.1 Å². The van der Waals surface area contributed by atoms with E-state index in [9.17, 15) is 4.79 Å². The van der Waals surface area contributed by atoms with Gasteiger partial charge in [-0.2, -0.15) is 5.10 Å². The second-order valence-electron chi connectivity index (χ2n) is 8.03. The summed E-state index contributed by atoms with van der Waals surface area (Å²) in [6.45, 7) is 8.87. The molecule has 0 radical (unpaired) electrons. The maximum atomic E-state index is 12.4. The number of hydrogen-bond donors (Lipinski definition) is 1. The minimum Gasteiger partial charge on any atom is -0.444 e. The lowest BCUT2D eigenvalue weighted by molar-refractivity contribution is 0.0224. The Morgan fingerprint density at radius 2 is 2.04 bits per heavy atom. The number of ether oxygens (including phenoxy) is 1. The topological polar surface area (TPSA) is 71.1 Å². The third-order valence-electron chi connectivity index (χ3n) is 4.84. The zero-order valence-corrected chi connectivity index (χ0v) is 16.2. The highest BCUT2D eigenvalue weighted by molar-refractivity contribution is 5.95. The Kier molecular flexibility index (Phi) is 4.13. The second-order valence-corrected chi connectivity index (χ2v) is 8.03.